The van der Waals surface area contributed by atoms with Gasteiger partial charge in [-0.3, -0.25) is 0 Å². The monoisotopic (exact) mass is 274 g/mol. The minimum Gasteiger partial charge on any atom is -0.385 e. The summed E-state index contributed by atoms with van der Waals surface area (Å²) in [6.07, 6.45) is 7.49. The van der Waals surface area contributed by atoms with Crippen LogP contribution in [-0.2, 0) is 12.0 Å². The minimum atomic E-state index is -0.646. The van der Waals surface area contributed by atoms with E-state index in [1.165, 1.54) is 27.8 Å². The predicted octanol–water partition coefficient (Wildman–Crippen LogP) is 4.04. The molecule has 1 nitrogen and oxygen atoms in total. The molecule has 21 heavy (non-hydrogen) atoms. The van der Waals surface area contributed by atoms with Crippen LogP contribution in [-0.4, -0.2) is 5.11 Å². The highest BCUT2D eigenvalue weighted by Gasteiger charge is 2.49. The van der Waals surface area contributed by atoms with E-state index in [4.69, 9.17) is 0 Å². The molecular formula is C20H18O. The third kappa shape index (κ3) is 1.45. The van der Waals surface area contributed by atoms with Gasteiger partial charge in [0.2, 0.25) is 0 Å². The predicted molar refractivity (Wildman–Crippen MR) is 83.9 cm³/mol. The third-order valence-electron chi connectivity index (χ3n) is 5.68. The lowest BCUT2D eigenvalue weighted by molar-refractivity contribution is 0.00970. The zero-order chi connectivity index (χ0) is 14.0. The summed E-state index contributed by atoms with van der Waals surface area (Å²) in [5.74, 6) is 0.873. The van der Waals surface area contributed by atoms with Crippen molar-refractivity contribution in [2.45, 2.75) is 24.9 Å². The Morgan fingerprint density at radius 1 is 0.952 bits per heavy atom. The van der Waals surface area contributed by atoms with Gasteiger partial charge in [0, 0.05) is 5.92 Å². The Kier molecular flexibility index (Phi) is 2.16. The zero-order valence-electron chi connectivity index (χ0n) is 11.9. The summed E-state index contributed by atoms with van der Waals surface area (Å²) in [6, 6.07) is 15.1. The van der Waals surface area contributed by atoms with Crippen LogP contribution in [0.2, 0.25) is 0 Å². The van der Waals surface area contributed by atoms with Crippen molar-refractivity contribution in [1.82, 2.24) is 0 Å². The molecule has 0 amide bonds. The van der Waals surface area contributed by atoms with Crippen molar-refractivity contribution in [1.29, 1.82) is 0 Å². The Morgan fingerprint density at radius 2 is 1.81 bits per heavy atom. The molecule has 1 fully saturated rings. The van der Waals surface area contributed by atoms with Gasteiger partial charge in [0.05, 0.1) is 5.60 Å². The van der Waals surface area contributed by atoms with E-state index in [1.807, 2.05) is 0 Å². The van der Waals surface area contributed by atoms with Crippen LogP contribution in [0.3, 0.4) is 0 Å². The van der Waals surface area contributed by atoms with Crippen LogP contribution in [0.4, 0.5) is 0 Å². The summed E-state index contributed by atoms with van der Waals surface area (Å²) in [6.45, 7) is 0. The molecular weight excluding hydrogens is 256 g/mol. The Labute approximate surface area is 124 Å². The maximum Gasteiger partial charge on any atom is 0.0967 e. The van der Waals surface area contributed by atoms with Crippen molar-refractivity contribution in [3.05, 3.63) is 71.3 Å². The Hall–Kier alpha value is -1.86. The molecule has 0 heterocycles. The van der Waals surface area contributed by atoms with Gasteiger partial charge in [0.15, 0.2) is 0 Å². The van der Waals surface area contributed by atoms with Gasteiger partial charge in [-0.1, -0.05) is 54.6 Å². The molecule has 3 aliphatic carbocycles. The van der Waals surface area contributed by atoms with Crippen molar-refractivity contribution < 1.29 is 5.11 Å². The van der Waals surface area contributed by atoms with Crippen LogP contribution >= 0.6 is 0 Å². The van der Waals surface area contributed by atoms with Gasteiger partial charge in [-0.25, -0.2) is 0 Å². The van der Waals surface area contributed by atoms with E-state index >= 15 is 0 Å². The topological polar surface area (TPSA) is 20.2 Å². The van der Waals surface area contributed by atoms with E-state index in [9.17, 15) is 5.11 Å². The zero-order valence-corrected chi connectivity index (χ0v) is 11.9. The maximum absolute atomic E-state index is 11.3. The summed E-state index contributed by atoms with van der Waals surface area (Å²) < 4.78 is 0. The lowest BCUT2D eigenvalue weighted by atomic mass is 9.78. The van der Waals surface area contributed by atoms with Gasteiger partial charge in [0.1, 0.15) is 0 Å². The number of rotatable bonds is 1. The third-order valence-corrected chi connectivity index (χ3v) is 5.68. The van der Waals surface area contributed by atoms with E-state index in [0.717, 1.165) is 19.3 Å². The van der Waals surface area contributed by atoms with Gasteiger partial charge in [0.25, 0.3) is 0 Å². The fourth-order valence-electron chi connectivity index (χ4n) is 4.70. The van der Waals surface area contributed by atoms with Crippen molar-refractivity contribution in [2.24, 2.45) is 11.8 Å². The normalized spacial score (nSPS) is 31.5. The Morgan fingerprint density at radius 3 is 2.62 bits per heavy atom. The molecule has 5 rings (SSSR count). The molecule has 0 aromatic heterocycles. The second-order valence-electron chi connectivity index (χ2n) is 6.78. The standard InChI is InChI=1S/C20H18O/c21-20(12-13-8-9-15(20)10-13)19-7-3-6-17-16-5-2-1-4-14(16)11-18(17)19/h1-9,13,15,21H,10-12H2. The van der Waals surface area contributed by atoms with E-state index in [-0.39, 0.29) is 0 Å². The Balaban J connectivity index is 1.70. The first-order valence-corrected chi connectivity index (χ1v) is 7.87. The van der Waals surface area contributed by atoms with Gasteiger partial charge < -0.3 is 5.11 Å². The SMILES string of the molecule is OC1(c2cccc3c2Cc2ccccc2-3)CC2C=CC1C2. The molecule has 0 aliphatic heterocycles. The average molecular weight is 274 g/mol. The molecule has 1 N–H and O–H groups in total. The number of hydrogen-bond acceptors (Lipinski definition) is 1. The molecule has 0 spiro atoms. The van der Waals surface area contributed by atoms with Crippen LogP contribution in [0.15, 0.2) is 54.6 Å². The van der Waals surface area contributed by atoms with Gasteiger partial charge >= 0.3 is 0 Å². The fourth-order valence-corrected chi connectivity index (χ4v) is 4.70. The number of fused-ring (bicyclic) bond motifs is 5. The Bertz CT molecular complexity index is 773. The van der Waals surface area contributed by atoms with E-state index in [2.05, 4.69) is 54.6 Å². The highest BCUT2D eigenvalue weighted by Crippen LogP contribution is 2.54. The molecule has 3 aliphatic rings. The second-order valence-corrected chi connectivity index (χ2v) is 6.78. The average Bonchev–Trinajstić information content (AvgIpc) is 3.18. The quantitative estimate of drug-likeness (QED) is 0.664. The molecule has 3 atom stereocenters. The minimum absolute atomic E-state index is 0.303. The number of aliphatic hydroxyl groups is 1. The molecule has 3 unspecified atom stereocenters. The molecule has 1 saturated carbocycles. The molecule has 0 radical (unpaired) electrons. The second kappa shape index (κ2) is 3.86. The largest absolute Gasteiger partial charge is 0.385 e. The summed E-state index contributed by atoms with van der Waals surface area (Å²) >= 11 is 0. The van der Waals surface area contributed by atoms with Crippen LogP contribution in [0, 0.1) is 11.8 Å². The van der Waals surface area contributed by atoms with E-state index < -0.39 is 5.60 Å². The summed E-state index contributed by atoms with van der Waals surface area (Å²) in [5, 5.41) is 11.3. The summed E-state index contributed by atoms with van der Waals surface area (Å²) in [5.41, 5.74) is 5.93. The number of allylic oxidation sites excluding steroid dienone is 1. The van der Waals surface area contributed by atoms with Crippen LogP contribution < -0.4 is 0 Å². The van der Waals surface area contributed by atoms with Gasteiger partial charge in [-0.05, 0) is 53.0 Å². The first kappa shape index (κ1) is 11.8. The molecule has 104 valence electrons. The lowest BCUT2D eigenvalue weighted by Gasteiger charge is -2.32. The molecule has 0 saturated heterocycles. The van der Waals surface area contributed by atoms with Crippen LogP contribution in [0.25, 0.3) is 11.1 Å². The fraction of sp³-hybridized carbons (Fsp3) is 0.300. The van der Waals surface area contributed by atoms with Crippen LogP contribution in [0.1, 0.15) is 29.5 Å². The van der Waals surface area contributed by atoms with Crippen LogP contribution in [0.5, 0.6) is 0 Å². The van der Waals surface area contributed by atoms with Crippen molar-refractivity contribution >= 4 is 0 Å². The highest BCUT2D eigenvalue weighted by atomic mass is 16.3. The number of hydrogen-bond donors (Lipinski definition) is 1. The summed E-state index contributed by atoms with van der Waals surface area (Å²) in [4.78, 5) is 0. The molecule has 2 aromatic rings. The van der Waals surface area contributed by atoms with Crippen molar-refractivity contribution in [3.63, 3.8) is 0 Å². The first-order valence-electron chi connectivity index (χ1n) is 7.87. The smallest absolute Gasteiger partial charge is 0.0967 e. The molecule has 1 heteroatoms. The molecule has 2 aromatic carbocycles. The van der Waals surface area contributed by atoms with E-state index in [1.54, 1.807) is 0 Å². The maximum atomic E-state index is 11.3. The van der Waals surface area contributed by atoms with E-state index in [0.29, 0.717) is 11.8 Å². The first-order chi connectivity index (χ1) is 10.3. The lowest BCUT2D eigenvalue weighted by Crippen LogP contribution is -2.31. The van der Waals surface area contributed by atoms with Crippen molar-refractivity contribution in [2.75, 3.05) is 0 Å². The van der Waals surface area contributed by atoms with Crippen molar-refractivity contribution in [3.8, 4) is 11.1 Å². The summed E-state index contributed by atoms with van der Waals surface area (Å²) in [7, 11) is 0. The van der Waals surface area contributed by atoms with Gasteiger partial charge in [-0.15, -0.1) is 0 Å². The molecule has 2 bridgehead atoms. The number of benzene rings is 2. The highest BCUT2D eigenvalue weighted by molar-refractivity contribution is 5.78. The van der Waals surface area contributed by atoms with Gasteiger partial charge in [-0.2, -0.15) is 0 Å².